The summed E-state index contributed by atoms with van der Waals surface area (Å²) in [6, 6.07) is 7.96. The number of aryl methyl sites for hydroxylation is 1. The molecular formula is C17H22N2O2. The minimum Gasteiger partial charge on any atom is -0.324 e. The largest absolute Gasteiger partial charge is 0.324 e. The molecule has 0 bridgehead atoms. The van der Waals surface area contributed by atoms with Crippen LogP contribution in [0.25, 0.3) is 0 Å². The number of Topliss-reactive ketones (excluding diaryl/α,β-unsaturated/α-hetero) is 1. The highest BCUT2D eigenvalue weighted by Crippen LogP contribution is 2.26. The molecule has 2 aliphatic heterocycles. The first-order chi connectivity index (χ1) is 10.1. The molecule has 0 radical (unpaired) electrons. The quantitative estimate of drug-likeness (QED) is 0.907. The predicted octanol–water partition coefficient (Wildman–Crippen LogP) is 2.24. The normalized spacial score (nSPS) is 24.0. The molecule has 2 aliphatic rings. The zero-order valence-electron chi connectivity index (χ0n) is 12.5. The van der Waals surface area contributed by atoms with Gasteiger partial charge in [-0.2, -0.15) is 0 Å². The summed E-state index contributed by atoms with van der Waals surface area (Å²) in [5.74, 6) is 0.570. The van der Waals surface area contributed by atoms with Crippen LogP contribution in [-0.4, -0.2) is 35.7 Å². The third-order valence-electron chi connectivity index (χ3n) is 4.81. The van der Waals surface area contributed by atoms with Crippen LogP contribution in [0.3, 0.4) is 0 Å². The van der Waals surface area contributed by atoms with E-state index in [-0.39, 0.29) is 23.7 Å². The highest BCUT2D eigenvalue weighted by Gasteiger charge is 2.32. The molecule has 3 rings (SSSR count). The molecule has 1 N–H and O–H groups in total. The average molecular weight is 286 g/mol. The number of nitrogens with zero attached hydrogens (tertiary/aromatic N) is 1. The molecule has 0 aliphatic carbocycles. The Bertz CT molecular complexity index is 547. The molecule has 1 fully saturated rings. The van der Waals surface area contributed by atoms with E-state index in [4.69, 9.17) is 0 Å². The van der Waals surface area contributed by atoms with E-state index in [0.29, 0.717) is 0 Å². The number of hydrogen-bond acceptors (Lipinski definition) is 3. The standard InChI is InChI=1S/C17H22N2O2/c1-12(20)13-8-10-19(11-9-13)16-7-6-14-4-2-3-5-15(14)18-17(16)21/h2-5,13,16H,6-11H2,1H3,(H,18,21). The van der Waals surface area contributed by atoms with Crippen LogP contribution in [-0.2, 0) is 16.0 Å². The number of anilines is 1. The highest BCUT2D eigenvalue weighted by atomic mass is 16.2. The van der Waals surface area contributed by atoms with Gasteiger partial charge in [-0.15, -0.1) is 0 Å². The van der Waals surface area contributed by atoms with Crippen molar-refractivity contribution in [2.24, 2.45) is 5.92 Å². The van der Waals surface area contributed by atoms with Crippen molar-refractivity contribution in [2.75, 3.05) is 18.4 Å². The number of carbonyl (C=O) groups is 2. The number of likely N-dealkylation sites (tertiary alicyclic amines) is 1. The number of amides is 1. The first kappa shape index (κ1) is 14.3. The van der Waals surface area contributed by atoms with Gasteiger partial charge in [-0.1, -0.05) is 18.2 Å². The second kappa shape index (κ2) is 5.98. The molecule has 21 heavy (non-hydrogen) atoms. The summed E-state index contributed by atoms with van der Waals surface area (Å²) in [5.41, 5.74) is 2.16. The Morgan fingerprint density at radius 2 is 1.90 bits per heavy atom. The summed E-state index contributed by atoms with van der Waals surface area (Å²) in [4.78, 5) is 26.2. The Morgan fingerprint density at radius 3 is 2.62 bits per heavy atom. The van der Waals surface area contributed by atoms with Gasteiger partial charge in [0.15, 0.2) is 0 Å². The third kappa shape index (κ3) is 3.00. The van der Waals surface area contributed by atoms with Gasteiger partial charge in [0.25, 0.3) is 0 Å². The fourth-order valence-corrected chi connectivity index (χ4v) is 3.47. The van der Waals surface area contributed by atoms with Crippen LogP contribution in [0.4, 0.5) is 5.69 Å². The first-order valence-electron chi connectivity index (χ1n) is 7.78. The number of nitrogens with one attached hydrogen (secondary N) is 1. The van der Waals surface area contributed by atoms with Crippen LogP contribution in [0.15, 0.2) is 24.3 Å². The molecule has 0 aromatic heterocycles. The van der Waals surface area contributed by atoms with E-state index < -0.39 is 0 Å². The monoisotopic (exact) mass is 286 g/mol. The van der Waals surface area contributed by atoms with Gasteiger partial charge in [0.1, 0.15) is 5.78 Å². The van der Waals surface area contributed by atoms with Crippen molar-refractivity contribution in [1.29, 1.82) is 0 Å². The van der Waals surface area contributed by atoms with E-state index in [0.717, 1.165) is 44.5 Å². The van der Waals surface area contributed by atoms with Gasteiger partial charge in [0.05, 0.1) is 6.04 Å². The lowest BCUT2D eigenvalue weighted by atomic mass is 9.92. The second-order valence-corrected chi connectivity index (χ2v) is 6.12. The zero-order valence-corrected chi connectivity index (χ0v) is 12.5. The van der Waals surface area contributed by atoms with Crippen molar-refractivity contribution in [2.45, 2.75) is 38.6 Å². The van der Waals surface area contributed by atoms with Crippen molar-refractivity contribution in [3.63, 3.8) is 0 Å². The number of benzene rings is 1. The molecule has 1 aromatic carbocycles. The molecule has 4 nitrogen and oxygen atoms in total. The molecule has 4 heteroatoms. The van der Waals surface area contributed by atoms with E-state index in [1.165, 1.54) is 5.56 Å². The number of hydrogen-bond donors (Lipinski definition) is 1. The van der Waals surface area contributed by atoms with Gasteiger partial charge in [0, 0.05) is 11.6 Å². The molecule has 1 unspecified atom stereocenters. The second-order valence-electron chi connectivity index (χ2n) is 6.12. The van der Waals surface area contributed by atoms with Crippen LogP contribution < -0.4 is 5.32 Å². The lowest BCUT2D eigenvalue weighted by Gasteiger charge is -2.35. The molecule has 112 valence electrons. The Balaban J connectivity index is 1.68. The fourth-order valence-electron chi connectivity index (χ4n) is 3.47. The van der Waals surface area contributed by atoms with Crippen molar-refractivity contribution in [1.82, 2.24) is 4.90 Å². The Morgan fingerprint density at radius 1 is 1.19 bits per heavy atom. The highest BCUT2D eigenvalue weighted by molar-refractivity contribution is 5.96. The minimum atomic E-state index is -0.0645. The summed E-state index contributed by atoms with van der Waals surface area (Å²) in [6.45, 7) is 3.37. The van der Waals surface area contributed by atoms with E-state index in [1.54, 1.807) is 6.92 Å². The van der Waals surface area contributed by atoms with Crippen molar-refractivity contribution in [3.8, 4) is 0 Å². The fraction of sp³-hybridized carbons (Fsp3) is 0.529. The SMILES string of the molecule is CC(=O)C1CCN(C2CCc3ccccc3NC2=O)CC1. The van der Waals surface area contributed by atoms with Crippen LogP contribution in [0.1, 0.15) is 31.7 Å². The number of piperidine rings is 1. The molecule has 1 atom stereocenters. The summed E-state index contributed by atoms with van der Waals surface area (Å²) < 4.78 is 0. The zero-order chi connectivity index (χ0) is 14.8. The van der Waals surface area contributed by atoms with Crippen molar-refractivity contribution >= 4 is 17.4 Å². The van der Waals surface area contributed by atoms with Gasteiger partial charge in [-0.3, -0.25) is 14.5 Å². The topological polar surface area (TPSA) is 49.4 Å². The van der Waals surface area contributed by atoms with Crippen LogP contribution in [0, 0.1) is 5.92 Å². The summed E-state index contributed by atoms with van der Waals surface area (Å²) in [7, 11) is 0. The number of fused-ring (bicyclic) bond motifs is 1. The van der Waals surface area contributed by atoms with E-state index >= 15 is 0 Å². The van der Waals surface area contributed by atoms with Gasteiger partial charge in [-0.25, -0.2) is 0 Å². The third-order valence-corrected chi connectivity index (χ3v) is 4.81. The number of carbonyl (C=O) groups excluding carboxylic acids is 2. The number of rotatable bonds is 2. The molecule has 2 heterocycles. The van der Waals surface area contributed by atoms with E-state index in [1.807, 2.05) is 18.2 Å². The Kier molecular flexibility index (Phi) is 4.06. The molecule has 0 spiro atoms. The smallest absolute Gasteiger partial charge is 0.241 e. The number of ketones is 1. The lowest BCUT2D eigenvalue weighted by molar-refractivity contribution is -0.124. The Labute approximate surface area is 125 Å². The summed E-state index contributed by atoms with van der Waals surface area (Å²) in [5, 5.41) is 3.06. The van der Waals surface area contributed by atoms with Crippen molar-refractivity contribution < 1.29 is 9.59 Å². The maximum atomic E-state index is 12.5. The number of para-hydroxylation sites is 1. The van der Waals surface area contributed by atoms with Crippen LogP contribution >= 0.6 is 0 Å². The summed E-state index contributed by atoms with van der Waals surface area (Å²) in [6.07, 6.45) is 3.54. The van der Waals surface area contributed by atoms with E-state index in [2.05, 4.69) is 16.3 Å². The predicted molar refractivity (Wildman–Crippen MR) is 82.2 cm³/mol. The molecule has 1 aromatic rings. The van der Waals surface area contributed by atoms with Crippen LogP contribution in [0.5, 0.6) is 0 Å². The lowest BCUT2D eigenvalue weighted by Crippen LogP contribution is -2.48. The van der Waals surface area contributed by atoms with Crippen LogP contribution in [0.2, 0.25) is 0 Å². The van der Waals surface area contributed by atoms with Gasteiger partial charge in [-0.05, 0) is 57.3 Å². The maximum Gasteiger partial charge on any atom is 0.241 e. The molecule has 0 saturated carbocycles. The first-order valence-corrected chi connectivity index (χ1v) is 7.78. The minimum absolute atomic E-state index is 0.0645. The van der Waals surface area contributed by atoms with E-state index in [9.17, 15) is 9.59 Å². The van der Waals surface area contributed by atoms with Gasteiger partial charge >= 0.3 is 0 Å². The summed E-state index contributed by atoms with van der Waals surface area (Å²) >= 11 is 0. The molecule has 1 amide bonds. The molecular weight excluding hydrogens is 264 g/mol. The van der Waals surface area contributed by atoms with Crippen molar-refractivity contribution in [3.05, 3.63) is 29.8 Å². The average Bonchev–Trinajstić information content (AvgIpc) is 2.65. The maximum absolute atomic E-state index is 12.5. The Hall–Kier alpha value is -1.68. The molecule has 1 saturated heterocycles. The van der Waals surface area contributed by atoms with Gasteiger partial charge in [0.2, 0.25) is 5.91 Å². The van der Waals surface area contributed by atoms with Gasteiger partial charge < -0.3 is 5.32 Å².